The largest absolute Gasteiger partial charge is 0.382 e. The van der Waals surface area contributed by atoms with Crippen molar-refractivity contribution in [1.82, 2.24) is 25.2 Å². The molecule has 0 fully saturated rings. The molecule has 10 nitrogen and oxygen atoms in total. The van der Waals surface area contributed by atoms with E-state index >= 15 is 0 Å². The highest BCUT2D eigenvalue weighted by Gasteiger charge is 2.39. The first-order valence-electron chi connectivity index (χ1n) is 6.70. The number of nitrogens with one attached hydrogen (secondary N) is 2. The molecule has 0 aliphatic carbocycles. The molecular formula is C14H7N5O5. The lowest BCUT2D eigenvalue weighted by Crippen LogP contribution is -2.33. The van der Waals surface area contributed by atoms with Crippen LogP contribution in [0.1, 0.15) is 31.2 Å². The third kappa shape index (κ3) is 1.83. The summed E-state index contributed by atoms with van der Waals surface area (Å²) in [6, 6.07) is 6.07. The first-order valence-corrected chi connectivity index (χ1v) is 6.70. The quantitative estimate of drug-likeness (QED) is 0.633. The summed E-state index contributed by atoms with van der Waals surface area (Å²) in [6.45, 7) is 0. The second kappa shape index (κ2) is 4.84. The third-order valence-corrected chi connectivity index (χ3v) is 3.49. The summed E-state index contributed by atoms with van der Waals surface area (Å²) >= 11 is 0. The summed E-state index contributed by atoms with van der Waals surface area (Å²) in [5, 5.41) is 6.26. The van der Waals surface area contributed by atoms with Crippen LogP contribution < -0.4 is 5.56 Å². The summed E-state index contributed by atoms with van der Waals surface area (Å²) < 4.78 is 0. The van der Waals surface area contributed by atoms with Gasteiger partial charge in [-0.3, -0.25) is 19.5 Å². The summed E-state index contributed by atoms with van der Waals surface area (Å²) in [5.41, 5.74) is -0.652. The van der Waals surface area contributed by atoms with E-state index in [1.807, 2.05) is 0 Å². The lowest BCUT2D eigenvalue weighted by Gasteiger charge is -2.11. The molecule has 1 aromatic carbocycles. The van der Waals surface area contributed by atoms with Crippen LogP contribution >= 0.6 is 0 Å². The first-order chi connectivity index (χ1) is 11.6. The van der Waals surface area contributed by atoms with E-state index in [1.165, 1.54) is 12.1 Å². The van der Waals surface area contributed by atoms with Gasteiger partial charge in [0.2, 0.25) is 0 Å². The number of fused-ring (bicyclic) bond motifs is 2. The van der Waals surface area contributed by atoms with E-state index in [2.05, 4.69) is 20.2 Å². The van der Waals surface area contributed by atoms with Crippen LogP contribution in [0.25, 0.3) is 11.0 Å². The maximum absolute atomic E-state index is 12.3. The van der Waals surface area contributed by atoms with Gasteiger partial charge in [-0.2, -0.15) is 5.10 Å². The van der Waals surface area contributed by atoms with Crippen molar-refractivity contribution >= 4 is 28.8 Å². The van der Waals surface area contributed by atoms with Crippen molar-refractivity contribution in [1.29, 1.82) is 0 Å². The predicted octanol–water partition coefficient (Wildman–Crippen LogP) is 0.0142. The van der Waals surface area contributed by atoms with Gasteiger partial charge in [0.25, 0.3) is 17.4 Å². The Balaban J connectivity index is 1.69. The Morgan fingerprint density at radius 1 is 1.08 bits per heavy atom. The van der Waals surface area contributed by atoms with E-state index in [1.54, 1.807) is 12.1 Å². The molecule has 0 spiro atoms. The molecule has 0 radical (unpaired) electrons. The molecule has 3 aromatic rings. The zero-order valence-corrected chi connectivity index (χ0v) is 11.8. The Hall–Kier alpha value is -3.82. The molecule has 0 atom stereocenters. The van der Waals surface area contributed by atoms with E-state index in [0.717, 1.165) is 6.33 Å². The molecule has 24 heavy (non-hydrogen) atoms. The van der Waals surface area contributed by atoms with Crippen LogP contribution in [0, 0.1) is 0 Å². The molecular weight excluding hydrogens is 318 g/mol. The van der Waals surface area contributed by atoms with Crippen LogP contribution in [-0.2, 0) is 4.84 Å². The van der Waals surface area contributed by atoms with Crippen molar-refractivity contribution in [3.8, 4) is 0 Å². The second-order valence-corrected chi connectivity index (χ2v) is 4.86. The predicted molar refractivity (Wildman–Crippen MR) is 76.9 cm³/mol. The summed E-state index contributed by atoms with van der Waals surface area (Å²) in [7, 11) is 0. The van der Waals surface area contributed by atoms with Gasteiger partial charge in [-0.1, -0.05) is 17.2 Å². The van der Waals surface area contributed by atoms with Gasteiger partial charge in [0.05, 0.1) is 17.5 Å². The number of aromatic amines is 2. The van der Waals surface area contributed by atoms with E-state index in [-0.39, 0.29) is 27.9 Å². The van der Waals surface area contributed by atoms with Crippen molar-refractivity contribution in [2.75, 3.05) is 0 Å². The average molecular weight is 325 g/mol. The number of aromatic nitrogens is 4. The molecule has 0 saturated carbocycles. The van der Waals surface area contributed by atoms with E-state index in [4.69, 9.17) is 4.84 Å². The Labute approximate surface area is 132 Å². The van der Waals surface area contributed by atoms with Gasteiger partial charge in [-0.05, 0) is 12.1 Å². The van der Waals surface area contributed by atoms with Crippen LogP contribution in [0.2, 0.25) is 0 Å². The number of benzene rings is 1. The number of rotatable bonds is 2. The first kappa shape index (κ1) is 13.8. The van der Waals surface area contributed by atoms with Gasteiger partial charge in [0.1, 0.15) is 5.39 Å². The molecule has 3 heterocycles. The van der Waals surface area contributed by atoms with Gasteiger partial charge in [-0.15, -0.1) is 0 Å². The number of hydroxylamine groups is 2. The number of carbonyl (C=O) groups excluding carboxylic acids is 3. The molecule has 1 aliphatic rings. The molecule has 10 heteroatoms. The maximum Gasteiger partial charge on any atom is 0.382 e. The SMILES string of the molecule is O=C(ON1C(=O)c2ccccc2C1=O)c1[nH]nc2nc[nH]c(=O)c12. The highest BCUT2D eigenvalue weighted by molar-refractivity contribution is 6.21. The van der Waals surface area contributed by atoms with E-state index < -0.39 is 23.3 Å². The molecule has 2 N–H and O–H groups in total. The minimum atomic E-state index is -1.11. The molecule has 4 rings (SSSR count). The van der Waals surface area contributed by atoms with Crippen molar-refractivity contribution in [3.05, 3.63) is 57.8 Å². The number of nitrogens with zero attached hydrogens (tertiary/aromatic N) is 3. The van der Waals surface area contributed by atoms with Crippen molar-refractivity contribution in [2.24, 2.45) is 0 Å². The van der Waals surface area contributed by atoms with Crippen molar-refractivity contribution in [3.63, 3.8) is 0 Å². The van der Waals surface area contributed by atoms with Gasteiger partial charge >= 0.3 is 5.97 Å². The van der Waals surface area contributed by atoms with Crippen molar-refractivity contribution in [2.45, 2.75) is 0 Å². The second-order valence-electron chi connectivity index (χ2n) is 4.86. The number of H-pyrrole nitrogens is 2. The van der Waals surface area contributed by atoms with Crippen LogP contribution in [-0.4, -0.2) is 43.0 Å². The van der Waals surface area contributed by atoms with Gasteiger partial charge in [0.15, 0.2) is 11.3 Å². The molecule has 2 amide bonds. The van der Waals surface area contributed by atoms with Crippen LogP contribution in [0.15, 0.2) is 35.4 Å². The fourth-order valence-electron chi connectivity index (χ4n) is 2.39. The summed E-state index contributed by atoms with van der Waals surface area (Å²) in [6.07, 6.45) is 1.13. The lowest BCUT2D eigenvalue weighted by atomic mass is 10.1. The zero-order chi connectivity index (χ0) is 16.8. The Morgan fingerprint density at radius 2 is 1.75 bits per heavy atom. The number of hydrogen-bond acceptors (Lipinski definition) is 7. The lowest BCUT2D eigenvalue weighted by molar-refractivity contribution is -0.0587. The fraction of sp³-hybridized carbons (Fsp3) is 0. The van der Waals surface area contributed by atoms with Crippen LogP contribution in [0.5, 0.6) is 0 Å². The summed E-state index contributed by atoms with van der Waals surface area (Å²) in [4.78, 5) is 59.3. The molecule has 1 aliphatic heterocycles. The Bertz CT molecular complexity index is 1050. The standard InChI is InChI=1S/C14H7N5O5/c20-11-8-9(17-18-10(8)15-5-16-11)14(23)24-19-12(21)6-3-1-2-4-7(6)13(19)22/h1-5H,(H2,15,16,17,18,20). The normalized spacial score (nSPS) is 13.4. The van der Waals surface area contributed by atoms with Crippen LogP contribution in [0.4, 0.5) is 0 Å². The minimum Gasteiger partial charge on any atom is -0.323 e. The Morgan fingerprint density at radius 3 is 2.42 bits per heavy atom. The fourth-order valence-corrected chi connectivity index (χ4v) is 2.39. The number of imide groups is 1. The smallest absolute Gasteiger partial charge is 0.323 e. The van der Waals surface area contributed by atoms with Crippen molar-refractivity contribution < 1.29 is 19.2 Å². The topological polar surface area (TPSA) is 138 Å². The highest BCUT2D eigenvalue weighted by atomic mass is 16.7. The van der Waals surface area contributed by atoms with Gasteiger partial charge < -0.3 is 9.82 Å². The Kier molecular flexibility index (Phi) is 2.79. The number of hydrogen-bond donors (Lipinski definition) is 2. The number of amides is 2. The monoisotopic (exact) mass is 325 g/mol. The van der Waals surface area contributed by atoms with Gasteiger partial charge in [0, 0.05) is 0 Å². The summed E-state index contributed by atoms with van der Waals surface area (Å²) in [5.74, 6) is -2.63. The third-order valence-electron chi connectivity index (χ3n) is 3.49. The van der Waals surface area contributed by atoms with E-state index in [0.29, 0.717) is 5.06 Å². The van der Waals surface area contributed by atoms with E-state index in [9.17, 15) is 19.2 Å². The molecule has 0 saturated heterocycles. The highest BCUT2D eigenvalue weighted by Crippen LogP contribution is 2.23. The molecule has 0 bridgehead atoms. The molecule has 2 aromatic heterocycles. The van der Waals surface area contributed by atoms with Crippen LogP contribution in [0.3, 0.4) is 0 Å². The average Bonchev–Trinajstić information content (AvgIpc) is 3.12. The zero-order valence-electron chi connectivity index (χ0n) is 11.8. The molecule has 118 valence electrons. The van der Waals surface area contributed by atoms with Gasteiger partial charge in [-0.25, -0.2) is 9.78 Å². The molecule has 0 unspecified atom stereocenters. The minimum absolute atomic E-state index is 0.00746. The maximum atomic E-state index is 12.3. The number of carbonyl (C=O) groups is 3.